The summed E-state index contributed by atoms with van der Waals surface area (Å²) < 4.78 is 24.7. The zero-order valence-corrected chi connectivity index (χ0v) is 11.4. The van der Waals surface area contributed by atoms with Crippen molar-refractivity contribution in [2.75, 3.05) is 26.0 Å². The van der Waals surface area contributed by atoms with Crippen molar-refractivity contribution in [3.05, 3.63) is 18.3 Å². The van der Waals surface area contributed by atoms with Crippen LogP contribution in [0.3, 0.4) is 0 Å². The highest BCUT2D eigenvalue weighted by Crippen LogP contribution is 2.13. The molecule has 0 aliphatic heterocycles. The van der Waals surface area contributed by atoms with E-state index < -0.39 is 10.0 Å². The molecule has 0 amide bonds. The number of hydrogen-bond donors (Lipinski definition) is 1. The Morgan fingerprint density at radius 3 is 2.67 bits per heavy atom. The normalized spacial score (nSPS) is 11.2. The van der Waals surface area contributed by atoms with Crippen LogP contribution >= 0.6 is 0 Å². The zero-order chi connectivity index (χ0) is 13.6. The molecule has 0 aromatic carbocycles. The number of nitrogens with one attached hydrogen (secondary N) is 1. The van der Waals surface area contributed by atoms with Gasteiger partial charge in [-0.2, -0.15) is 0 Å². The maximum atomic E-state index is 11.8. The molecule has 0 fully saturated rings. The number of hydrogen-bond acceptors (Lipinski definition) is 4. The first-order chi connectivity index (χ1) is 8.48. The topological polar surface area (TPSA) is 62.3 Å². The van der Waals surface area contributed by atoms with E-state index in [4.69, 9.17) is 6.42 Å². The lowest BCUT2D eigenvalue weighted by Crippen LogP contribution is -2.22. The lowest BCUT2D eigenvalue weighted by Gasteiger charge is -2.11. The van der Waals surface area contributed by atoms with E-state index in [0.717, 1.165) is 17.3 Å². The number of terminal acetylenes is 1. The minimum absolute atomic E-state index is 0.182. The maximum absolute atomic E-state index is 11.8. The molecule has 0 aliphatic carbocycles. The minimum Gasteiger partial charge on any atom is -0.370 e. The van der Waals surface area contributed by atoms with Crippen molar-refractivity contribution in [3.63, 3.8) is 0 Å². The van der Waals surface area contributed by atoms with E-state index in [1.807, 2.05) is 0 Å². The van der Waals surface area contributed by atoms with Gasteiger partial charge in [-0.1, -0.05) is 0 Å². The summed E-state index contributed by atoms with van der Waals surface area (Å²) in [5.74, 6) is 3.19. The molecule has 1 aromatic heterocycles. The Balaban J connectivity index is 2.67. The Bertz CT molecular complexity index is 515. The lowest BCUT2D eigenvalue weighted by molar-refractivity contribution is 0.520. The first-order valence-electron chi connectivity index (χ1n) is 5.54. The van der Waals surface area contributed by atoms with Crippen molar-refractivity contribution in [2.45, 2.75) is 17.7 Å². The highest BCUT2D eigenvalue weighted by atomic mass is 32.2. The number of nitrogens with zero attached hydrogens (tertiary/aromatic N) is 2. The molecule has 5 nitrogen and oxygen atoms in total. The molecule has 1 rings (SSSR count). The van der Waals surface area contributed by atoms with E-state index in [2.05, 4.69) is 16.2 Å². The molecular formula is C12H17N3O2S. The molecule has 0 atom stereocenters. The summed E-state index contributed by atoms with van der Waals surface area (Å²) in [6, 6.07) is 3.18. The molecule has 1 heterocycles. The second-order valence-corrected chi connectivity index (χ2v) is 6.05. The molecule has 0 aliphatic rings. The van der Waals surface area contributed by atoms with Crippen LogP contribution in [-0.2, 0) is 10.0 Å². The van der Waals surface area contributed by atoms with E-state index in [1.165, 1.54) is 26.4 Å². The molecule has 1 N–H and O–H groups in total. The standard InChI is InChI=1S/C12H17N3O2S/c1-4-5-6-9-13-12-8-7-11(10-14-12)18(16,17)15(2)3/h1,7-8,10H,5-6,9H2,2-3H3,(H,13,14). The number of unbranched alkanes of at least 4 members (excludes halogenated alkanes) is 1. The molecule has 0 spiro atoms. The predicted molar refractivity (Wildman–Crippen MR) is 71.7 cm³/mol. The van der Waals surface area contributed by atoms with E-state index in [9.17, 15) is 8.42 Å². The molecule has 98 valence electrons. The van der Waals surface area contributed by atoms with Crippen LogP contribution in [0.4, 0.5) is 5.82 Å². The zero-order valence-electron chi connectivity index (χ0n) is 10.5. The quantitative estimate of drug-likeness (QED) is 0.620. The monoisotopic (exact) mass is 267 g/mol. The van der Waals surface area contributed by atoms with Crippen LogP contribution in [0.15, 0.2) is 23.2 Å². The molecule has 0 saturated carbocycles. The highest BCUT2D eigenvalue weighted by Gasteiger charge is 2.16. The van der Waals surface area contributed by atoms with Gasteiger partial charge in [0.2, 0.25) is 10.0 Å². The first-order valence-corrected chi connectivity index (χ1v) is 6.98. The average molecular weight is 267 g/mol. The minimum atomic E-state index is -3.41. The number of anilines is 1. The molecule has 0 unspecified atom stereocenters. The smallest absolute Gasteiger partial charge is 0.244 e. The van der Waals surface area contributed by atoms with E-state index in [0.29, 0.717) is 12.2 Å². The van der Waals surface area contributed by atoms with Crippen molar-refractivity contribution in [3.8, 4) is 12.3 Å². The number of pyridine rings is 1. The number of sulfonamides is 1. The van der Waals surface area contributed by atoms with E-state index in [1.54, 1.807) is 6.07 Å². The van der Waals surface area contributed by atoms with Gasteiger partial charge in [-0.3, -0.25) is 0 Å². The average Bonchev–Trinajstić information content (AvgIpc) is 2.35. The molecule has 1 aromatic rings. The van der Waals surface area contributed by atoms with Gasteiger partial charge in [-0.15, -0.1) is 12.3 Å². The van der Waals surface area contributed by atoms with Crippen LogP contribution < -0.4 is 5.32 Å². The van der Waals surface area contributed by atoms with Gasteiger partial charge in [-0.05, 0) is 18.6 Å². The van der Waals surface area contributed by atoms with Gasteiger partial charge in [0, 0.05) is 33.3 Å². The van der Waals surface area contributed by atoms with Crippen LogP contribution in [0.25, 0.3) is 0 Å². The van der Waals surface area contributed by atoms with E-state index in [-0.39, 0.29) is 4.90 Å². The van der Waals surface area contributed by atoms with Crippen molar-refractivity contribution in [2.24, 2.45) is 0 Å². The Labute approximate surface area is 108 Å². The van der Waals surface area contributed by atoms with Crippen LogP contribution in [-0.4, -0.2) is 38.3 Å². The van der Waals surface area contributed by atoms with Crippen LogP contribution in [0, 0.1) is 12.3 Å². The fourth-order valence-corrected chi connectivity index (χ4v) is 2.10. The van der Waals surface area contributed by atoms with Crippen molar-refractivity contribution in [1.29, 1.82) is 0 Å². The largest absolute Gasteiger partial charge is 0.370 e. The second-order valence-electron chi connectivity index (χ2n) is 3.90. The number of rotatable bonds is 6. The third-order valence-corrected chi connectivity index (χ3v) is 4.12. The third kappa shape index (κ3) is 3.72. The summed E-state index contributed by atoms with van der Waals surface area (Å²) in [6.07, 6.45) is 8.05. The number of aromatic nitrogens is 1. The molecule has 0 radical (unpaired) electrons. The van der Waals surface area contributed by atoms with Crippen LogP contribution in [0.5, 0.6) is 0 Å². The fraction of sp³-hybridized carbons (Fsp3) is 0.417. The Morgan fingerprint density at radius 1 is 1.44 bits per heavy atom. The Kier molecular flexibility index (Phi) is 5.13. The highest BCUT2D eigenvalue weighted by molar-refractivity contribution is 7.89. The summed E-state index contributed by atoms with van der Waals surface area (Å²) in [4.78, 5) is 4.24. The van der Waals surface area contributed by atoms with Gasteiger partial charge in [0.15, 0.2) is 0 Å². The Hall–Kier alpha value is -1.58. The summed E-state index contributed by atoms with van der Waals surface area (Å²) in [7, 11) is -0.431. The lowest BCUT2D eigenvalue weighted by atomic mass is 10.3. The van der Waals surface area contributed by atoms with Gasteiger partial charge in [0.05, 0.1) is 0 Å². The Morgan fingerprint density at radius 2 is 2.17 bits per heavy atom. The van der Waals surface area contributed by atoms with Crippen LogP contribution in [0.1, 0.15) is 12.8 Å². The fourth-order valence-electron chi connectivity index (χ4n) is 1.26. The predicted octanol–water partition coefficient (Wildman–Crippen LogP) is 1.16. The van der Waals surface area contributed by atoms with Crippen molar-refractivity contribution >= 4 is 15.8 Å². The molecular weight excluding hydrogens is 250 g/mol. The van der Waals surface area contributed by atoms with Gasteiger partial charge >= 0.3 is 0 Å². The van der Waals surface area contributed by atoms with Gasteiger partial charge in [0.1, 0.15) is 10.7 Å². The van der Waals surface area contributed by atoms with Gasteiger partial charge < -0.3 is 5.32 Å². The molecule has 6 heteroatoms. The molecule has 18 heavy (non-hydrogen) atoms. The third-order valence-electron chi connectivity index (χ3n) is 2.32. The van der Waals surface area contributed by atoms with Gasteiger partial charge in [0.25, 0.3) is 0 Å². The van der Waals surface area contributed by atoms with E-state index >= 15 is 0 Å². The summed E-state index contributed by atoms with van der Waals surface area (Å²) >= 11 is 0. The summed E-state index contributed by atoms with van der Waals surface area (Å²) in [6.45, 7) is 0.719. The molecule has 0 bridgehead atoms. The van der Waals surface area contributed by atoms with Crippen molar-refractivity contribution in [1.82, 2.24) is 9.29 Å². The van der Waals surface area contributed by atoms with Crippen molar-refractivity contribution < 1.29 is 8.42 Å². The van der Waals surface area contributed by atoms with Gasteiger partial charge in [-0.25, -0.2) is 17.7 Å². The maximum Gasteiger partial charge on any atom is 0.244 e. The summed E-state index contributed by atoms with van der Waals surface area (Å²) in [5.41, 5.74) is 0. The first kappa shape index (κ1) is 14.5. The molecule has 0 saturated heterocycles. The second kappa shape index (κ2) is 6.38. The SMILES string of the molecule is C#CCCCNc1ccc(S(=O)(=O)N(C)C)cn1. The van der Waals surface area contributed by atoms with Crippen LogP contribution in [0.2, 0.25) is 0 Å². The summed E-state index contributed by atoms with van der Waals surface area (Å²) in [5, 5.41) is 3.07.